The number of aromatic nitrogens is 2. The molecule has 0 saturated carbocycles. The molecule has 0 spiro atoms. The summed E-state index contributed by atoms with van der Waals surface area (Å²) in [5.41, 5.74) is 1.56. The van der Waals surface area contributed by atoms with Crippen molar-refractivity contribution in [3.8, 4) is 11.5 Å². The van der Waals surface area contributed by atoms with Crippen LogP contribution in [0.2, 0.25) is 0 Å². The molecule has 1 amide bonds. The Balaban J connectivity index is 1.49. The summed E-state index contributed by atoms with van der Waals surface area (Å²) in [6.45, 7) is 7.48. The van der Waals surface area contributed by atoms with Crippen molar-refractivity contribution in [2.24, 2.45) is 0 Å². The topological polar surface area (TPSA) is 68.6 Å². The van der Waals surface area contributed by atoms with Gasteiger partial charge >= 0.3 is 0 Å². The molecular formula is C20H26N4O3. The third-order valence-electron chi connectivity index (χ3n) is 4.96. The van der Waals surface area contributed by atoms with Crippen LogP contribution in [0.3, 0.4) is 0 Å². The highest BCUT2D eigenvalue weighted by Crippen LogP contribution is 2.31. The maximum absolute atomic E-state index is 13.1. The molecule has 0 bridgehead atoms. The number of carbonyl (C=O) groups excluding carboxylic acids is 1. The number of hydrogen-bond donors (Lipinski definition) is 1. The van der Waals surface area contributed by atoms with E-state index in [1.165, 1.54) is 0 Å². The predicted molar refractivity (Wildman–Crippen MR) is 101 cm³/mol. The lowest BCUT2D eigenvalue weighted by atomic mass is 10.2. The highest BCUT2D eigenvalue weighted by Gasteiger charge is 2.29. The Morgan fingerprint density at radius 1 is 1.37 bits per heavy atom. The lowest BCUT2D eigenvalue weighted by Crippen LogP contribution is -2.46. The SMILES string of the molecule is CC(C)N(C[C@@H]1COc2ccccc2O1)C(=O)c1cc2n(n1)CCCNC2. The Labute approximate surface area is 159 Å². The number of rotatable bonds is 4. The maximum Gasteiger partial charge on any atom is 0.274 e. The third-order valence-corrected chi connectivity index (χ3v) is 4.96. The molecule has 144 valence electrons. The van der Waals surface area contributed by atoms with Crippen LogP contribution in [-0.2, 0) is 13.1 Å². The van der Waals surface area contributed by atoms with Crippen molar-refractivity contribution in [1.82, 2.24) is 20.0 Å². The summed E-state index contributed by atoms with van der Waals surface area (Å²) in [4.78, 5) is 15.0. The van der Waals surface area contributed by atoms with E-state index >= 15 is 0 Å². The van der Waals surface area contributed by atoms with Crippen molar-refractivity contribution in [1.29, 1.82) is 0 Å². The maximum atomic E-state index is 13.1. The Morgan fingerprint density at radius 2 is 2.19 bits per heavy atom. The Hall–Kier alpha value is -2.54. The first kappa shape index (κ1) is 17.9. The fraction of sp³-hybridized carbons (Fsp3) is 0.500. The number of para-hydroxylation sites is 2. The van der Waals surface area contributed by atoms with Gasteiger partial charge in [0.1, 0.15) is 6.61 Å². The van der Waals surface area contributed by atoms with Crippen LogP contribution in [0.15, 0.2) is 30.3 Å². The minimum Gasteiger partial charge on any atom is -0.486 e. The Bertz CT molecular complexity index is 794. The molecule has 2 aromatic rings. The molecule has 2 aliphatic heterocycles. The summed E-state index contributed by atoms with van der Waals surface area (Å²) in [6.07, 6.45) is 0.816. The molecule has 1 atom stereocenters. The van der Waals surface area contributed by atoms with E-state index in [0.717, 1.165) is 43.2 Å². The molecule has 1 N–H and O–H groups in total. The van der Waals surface area contributed by atoms with E-state index in [9.17, 15) is 4.79 Å². The van der Waals surface area contributed by atoms with E-state index in [1.54, 1.807) is 0 Å². The molecule has 7 nitrogen and oxygen atoms in total. The summed E-state index contributed by atoms with van der Waals surface area (Å²) in [7, 11) is 0. The van der Waals surface area contributed by atoms with Crippen molar-refractivity contribution in [2.75, 3.05) is 19.7 Å². The van der Waals surface area contributed by atoms with Gasteiger partial charge in [0.2, 0.25) is 0 Å². The largest absolute Gasteiger partial charge is 0.486 e. The minimum atomic E-state index is -0.201. The van der Waals surface area contributed by atoms with Crippen LogP contribution in [0.5, 0.6) is 11.5 Å². The molecule has 0 fully saturated rings. The standard InChI is InChI=1S/C20H26N4O3/c1-14(2)23(12-16-13-26-18-6-3-4-7-19(18)27-16)20(25)17-10-15-11-21-8-5-9-24(15)22-17/h3-4,6-7,10,14,16,21H,5,8-9,11-13H2,1-2H3/t16-/m1/s1. The van der Waals surface area contributed by atoms with Gasteiger partial charge in [-0.05, 0) is 45.0 Å². The predicted octanol–water partition coefficient (Wildman–Crippen LogP) is 2.07. The molecule has 0 radical (unpaired) electrons. The van der Waals surface area contributed by atoms with Gasteiger partial charge in [-0.3, -0.25) is 9.48 Å². The van der Waals surface area contributed by atoms with Crippen LogP contribution in [0.1, 0.15) is 36.5 Å². The average molecular weight is 370 g/mol. The second-order valence-corrected chi connectivity index (χ2v) is 7.32. The number of aryl methyl sites for hydroxylation is 1. The number of ether oxygens (including phenoxy) is 2. The number of carbonyl (C=O) groups is 1. The summed E-state index contributed by atoms with van der Waals surface area (Å²) in [5.74, 6) is 1.42. The molecule has 0 aliphatic carbocycles. The molecular weight excluding hydrogens is 344 g/mol. The molecule has 3 heterocycles. The van der Waals surface area contributed by atoms with Gasteiger partial charge in [0, 0.05) is 19.1 Å². The van der Waals surface area contributed by atoms with Crippen LogP contribution in [-0.4, -0.2) is 52.4 Å². The second-order valence-electron chi connectivity index (χ2n) is 7.32. The first-order chi connectivity index (χ1) is 13.1. The van der Waals surface area contributed by atoms with Gasteiger partial charge in [-0.25, -0.2) is 0 Å². The average Bonchev–Trinajstić information content (AvgIpc) is 2.96. The highest BCUT2D eigenvalue weighted by atomic mass is 16.6. The number of nitrogens with zero attached hydrogens (tertiary/aromatic N) is 3. The lowest BCUT2D eigenvalue weighted by molar-refractivity contribution is 0.0388. The van der Waals surface area contributed by atoms with Crippen LogP contribution in [0.4, 0.5) is 0 Å². The summed E-state index contributed by atoms with van der Waals surface area (Å²) in [6, 6.07) is 9.57. The smallest absolute Gasteiger partial charge is 0.274 e. The van der Waals surface area contributed by atoms with Crippen LogP contribution in [0.25, 0.3) is 0 Å². The molecule has 27 heavy (non-hydrogen) atoms. The number of amides is 1. The molecule has 1 aromatic carbocycles. The zero-order chi connectivity index (χ0) is 18.8. The second kappa shape index (κ2) is 7.60. The van der Waals surface area contributed by atoms with Gasteiger partial charge in [-0.2, -0.15) is 5.10 Å². The fourth-order valence-electron chi connectivity index (χ4n) is 3.51. The molecule has 7 heteroatoms. The normalized spacial score (nSPS) is 18.7. The fourth-order valence-corrected chi connectivity index (χ4v) is 3.51. The van der Waals surface area contributed by atoms with Crippen molar-refractivity contribution < 1.29 is 14.3 Å². The summed E-state index contributed by atoms with van der Waals surface area (Å²) >= 11 is 0. The van der Waals surface area contributed by atoms with Gasteiger partial charge in [0.15, 0.2) is 23.3 Å². The van der Waals surface area contributed by atoms with E-state index in [0.29, 0.717) is 18.8 Å². The van der Waals surface area contributed by atoms with E-state index < -0.39 is 0 Å². The van der Waals surface area contributed by atoms with E-state index in [4.69, 9.17) is 9.47 Å². The molecule has 0 saturated heterocycles. The van der Waals surface area contributed by atoms with Crippen molar-refractivity contribution in [3.05, 3.63) is 41.7 Å². The van der Waals surface area contributed by atoms with Gasteiger partial charge in [-0.1, -0.05) is 12.1 Å². The minimum absolute atomic E-state index is 0.0397. The molecule has 2 aliphatic rings. The van der Waals surface area contributed by atoms with Gasteiger partial charge in [-0.15, -0.1) is 0 Å². The highest BCUT2D eigenvalue weighted by molar-refractivity contribution is 5.92. The Morgan fingerprint density at radius 3 is 3.00 bits per heavy atom. The number of hydrogen-bond acceptors (Lipinski definition) is 5. The zero-order valence-electron chi connectivity index (χ0n) is 15.9. The van der Waals surface area contributed by atoms with Crippen molar-refractivity contribution in [2.45, 2.75) is 45.5 Å². The van der Waals surface area contributed by atoms with Crippen LogP contribution < -0.4 is 14.8 Å². The van der Waals surface area contributed by atoms with Gasteiger partial charge < -0.3 is 19.7 Å². The molecule has 4 rings (SSSR count). The van der Waals surface area contributed by atoms with Crippen molar-refractivity contribution in [3.63, 3.8) is 0 Å². The number of benzene rings is 1. The zero-order valence-corrected chi connectivity index (χ0v) is 15.9. The molecule has 1 aromatic heterocycles. The summed E-state index contributed by atoms with van der Waals surface area (Å²) < 4.78 is 13.8. The van der Waals surface area contributed by atoms with E-state index in [-0.39, 0.29) is 18.1 Å². The van der Waals surface area contributed by atoms with Gasteiger partial charge in [0.05, 0.1) is 12.2 Å². The number of fused-ring (bicyclic) bond motifs is 2. The quantitative estimate of drug-likeness (QED) is 0.892. The number of nitrogens with one attached hydrogen (secondary N) is 1. The van der Waals surface area contributed by atoms with E-state index in [1.807, 2.05) is 53.8 Å². The molecule has 0 unspecified atom stereocenters. The van der Waals surface area contributed by atoms with Crippen LogP contribution in [0, 0.1) is 0 Å². The van der Waals surface area contributed by atoms with Crippen LogP contribution >= 0.6 is 0 Å². The van der Waals surface area contributed by atoms with Crippen molar-refractivity contribution >= 4 is 5.91 Å². The summed E-state index contributed by atoms with van der Waals surface area (Å²) in [5, 5.41) is 7.92. The lowest BCUT2D eigenvalue weighted by Gasteiger charge is -2.33. The monoisotopic (exact) mass is 370 g/mol. The third kappa shape index (κ3) is 3.78. The van der Waals surface area contributed by atoms with E-state index in [2.05, 4.69) is 10.4 Å². The first-order valence-electron chi connectivity index (χ1n) is 9.58. The first-order valence-corrected chi connectivity index (χ1v) is 9.58. The Kier molecular flexibility index (Phi) is 5.03. The van der Waals surface area contributed by atoms with Gasteiger partial charge in [0.25, 0.3) is 5.91 Å².